The Morgan fingerprint density at radius 3 is 2.54 bits per heavy atom. The van der Waals surface area contributed by atoms with Gasteiger partial charge in [-0.15, -0.1) is 0 Å². The lowest BCUT2D eigenvalue weighted by molar-refractivity contribution is -0.144. The van der Waals surface area contributed by atoms with E-state index in [4.69, 9.17) is 23.4 Å². The van der Waals surface area contributed by atoms with Crippen molar-refractivity contribution in [1.29, 1.82) is 0 Å². The van der Waals surface area contributed by atoms with Crippen molar-refractivity contribution in [2.24, 2.45) is 0 Å². The third kappa shape index (κ3) is 4.57. The Morgan fingerprint density at radius 2 is 1.79 bits per heavy atom. The SMILES string of the molecule is CCOc1ccc(COC(=O)Cc2coc3cc(OC)ccc23)cc1OCC. The van der Waals surface area contributed by atoms with Gasteiger partial charge in [0.1, 0.15) is 17.9 Å². The van der Waals surface area contributed by atoms with Crippen molar-refractivity contribution in [2.75, 3.05) is 20.3 Å². The van der Waals surface area contributed by atoms with Crippen molar-refractivity contribution < 1.29 is 28.2 Å². The number of hydrogen-bond donors (Lipinski definition) is 0. The van der Waals surface area contributed by atoms with E-state index >= 15 is 0 Å². The van der Waals surface area contributed by atoms with Crippen molar-refractivity contribution in [1.82, 2.24) is 0 Å². The maximum atomic E-state index is 12.3. The lowest BCUT2D eigenvalue weighted by atomic mass is 10.1. The highest BCUT2D eigenvalue weighted by atomic mass is 16.5. The number of carbonyl (C=O) groups excluding carboxylic acids is 1. The van der Waals surface area contributed by atoms with E-state index in [2.05, 4.69) is 0 Å². The Morgan fingerprint density at radius 1 is 1.00 bits per heavy atom. The lowest BCUT2D eigenvalue weighted by Crippen LogP contribution is -2.08. The molecule has 1 aromatic heterocycles. The highest BCUT2D eigenvalue weighted by Crippen LogP contribution is 2.29. The first-order valence-corrected chi connectivity index (χ1v) is 9.22. The van der Waals surface area contributed by atoms with Gasteiger partial charge in [-0.3, -0.25) is 4.79 Å². The van der Waals surface area contributed by atoms with Crippen LogP contribution in [0.1, 0.15) is 25.0 Å². The number of hydrogen-bond acceptors (Lipinski definition) is 6. The first-order chi connectivity index (χ1) is 13.6. The summed E-state index contributed by atoms with van der Waals surface area (Å²) in [5.41, 5.74) is 2.29. The minimum absolute atomic E-state index is 0.134. The molecule has 1 heterocycles. The highest BCUT2D eigenvalue weighted by molar-refractivity contribution is 5.86. The predicted octanol–water partition coefficient (Wildman–Crippen LogP) is 4.52. The molecule has 0 amide bonds. The molecule has 0 bridgehead atoms. The third-order valence-electron chi connectivity index (χ3n) is 4.21. The molecule has 0 unspecified atom stereocenters. The molecule has 0 saturated carbocycles. The van der Waals surface area contributed by atoms with Crippen LogP contribution in [-0.2, 0) is 22.6 Å². The molecule has 0 radical (unpaired) electrons. The second-order valence-corrected chi connectivity index (χ2v) is 6.11. The van der Waals surface area contributed by atoms with Crippen LogP contribution in [0.25, 0.3) is 11.0 Å². The standard InChI is InChI=1S/C22H24O6/c1-4-25-19-9-6-15(10-21(19)26-5-2)13-28-22(23)11-16-14-27-20-12-17(24-3)7-8-18(16)20/h6-10,12,14H,4-5,11,13H2,1-3H3. The van der Waals surface area contributed by atoms with Crippen LogP contribution >= 0.6 is 0 Å². The second kappa shape index (κ2) is 9.17. The quantitative estimate of drug-likeness (QED) is 0.505. The zero-order chi connectivity index (χ0) is 19.9. The zero-order valence-electron chi connectivity index (χ0n) is 16.3. The number of rotatable bonds is 9. The van der Waals surface area contributed by atoms with E-state index in [0.717, 1.165) is 16.5 Å². The van der Waals surface area contributed by atoms with Gasteiger partial charge in [0.15, 0.2) is 11.5 Å². The lowest BCUT2D eigenvalue weighted by Gasteiger charge is -2.12. The molecule has 148 valence electrons. The average molecular weight is 384 g/mol. The molecule has 0 saturated heterocycles. The molecule has 0 spiro atoms. The van der Waals surface area contributed by atoms with Crippen LogP contribution in [-0.4, -0.2) is 26.3 Å². The number of benzene rings is 2. The summed E-state index contributed by atoms with van der Waals surface area (Å²) in [6.45, 7) is 5.07. The van der Waals surface area contributed by atoms with Crippen LogP contribution in [0, 0.1) is 0 Å². The van der Waals surface area contributed by atoms with Crippen LogP contribution in [0.15, 0.2) is 47.1 Å². The van der Waals surface area contributed by atoms with Gasteiger partial charge in [0.25, 0.3) is 0 Å². The Balaban J connectivity index is 1.63. The molecule has 28 heavy (non-hydrogen) atoms. The summed E-state index contributed by atoms with van der Waals surface area (Å²) in [7, 11) is 1.60. The molecule has 0 fully saturated rings. The van der Waals surface area contributed by atoms with Crippen molar-refractivity contribution in [3.05, 3.63) is 53.8 Å². The summed E-state index contributed by atoms with van der Waals surface area (Å²) in [5.74, 6) is 1.70. The topological polar surface area (TPSA) is 67.1 Å². The van der Waals surface area contributed by atoms with Crippen LogP contribution in [0.5, 0.6) is 17.2 Å². The molecule has 3 aromatic rings. The van der Waals surface area contributed by atoms with E-state index < -0.39 is 0 Å². The molecule has 0 atom stereocenters. The molecule has 0 aliphatic rings. The fourth-order valence-electron chi connectivity index (χ4n) is 2.88. The molecule has 3 rings (SSSR count). The summed E-state index contributed by atoms with van der Waals surface area (Å²) in [5, 5.41) is 0.873. The Bertz CT molecular complexity index is 943. The maximum Gasteiger partial charge on any atom is 0.310 e. The van der Waals surface area contributed by atoms with E-state index in [9.17, 15) is 4.79 Å². The summed E-state index contributed by atoms with van der Waals surface area (Å²) in [4.78, 5) is 12.3. The Labute approximate surface area is 163 Å². The second-order valence-electron chi connectivity index (χ2n) is 6.11. The van der Waals surface area contributed by atoms with E-state index in [-0.39, 0.29) is 19.0 Å². The zero-order valence-corrected chi connectivity index (χ0v) is 16.3. The van der Waals surface area contributed by atoms with Crippen molar-refractivity contribution in [2.45, 2.75) is 26.9 Å². The summed E-state index contributed by atoms with van der Waals surface area (Å²) >= 11 is 0. The molecule has 6 heteroatoms. The van der Waals surface area contributed by atoms with Gasteiger partial charge in [-0.2, -0.15) is 0 Å². The first kappa shape index (κ1) is 19.6. The van der Waals surface area contributed by atoms with E-state index in [1.165, 1.54) is 0 Å². The largest absolute Gasteiger partial charge is 0.497 e. The number of methoxy groups -OCH3 is 1. The number of furan rings is 1. The third-order valence-corrected chi connectivity index (χ3v) is 4.21. The summed E-state index contributed by atoms with van der Waals surface area (Å²) in [6, 6.07) is 11.0. The molecule has 6 nitrogen and oxygen atoms in total. The van der Waals surface area contributed by atoms with Gasteiger partial charge < -0.3 is 23.4 Å². The molecule has 0 aliphatic carbocycles. The van der Waals surface area contributed by atoms with Gasteiger partial charge in [0.05, 0.1) is 33.0 Å². The molecular formula is C22H24O6. The number of carbonyl (C=O) groups is 1. The number of fused-ring (bicyclic) bond motifs is 1. The van der Waals surface area contributed by atoms with Crippen LogP contribution < -0.4 is 14.2 Å². The van der Waals surface area contributed by atoms with E-state index in [0.29, 0.717) is 36.0 Å². The van der Waals surface area contributed by atoms with Crippen LogP contribution in [0.4, 0.5) is 0 Å². The van der Waals surface area contributed by atoms with Gasteiger partial charge in [-0.1, -0.05) is 6.07 Å². The van der Waals surface area contributed by atoms with Crippen molar-refractivity contribution in [3.8, 4) is 17.2 Å². The van der Waals surface area contributed by atoms with E-state index in [1.54, 1.807) is 19.4 Å². The van der Waals surface area contributed by atoms with Gasteiger partial charge >= 0.3 is 5.97 Å². The molecule has 2 aromatic carbocycles. The number of ether oxygens (including phenoxy) is 4. The van der Waals surface area contributed by atoms with Crippen LogP contribution in [0.2, 0.25) is 0 Å². The summed E-state index contributed by atoms with van der Waals surface area (Å²) < 4.78 is 27.3. The van der Waals surface area contributed by atoms with Gasteiger partial charge in [0, 0.05) is 17.0 Å². The monoisotopic (exact) mass is 384 g/mol. The van der Waals surface area contributed by atoms with Crippen molar-refractivity contribution in [3.63, 3.8) is 0 Å². The predicted molar refractivity (Wildman–Crippen MR) is 105 cm³/mol. The molecule has 0 N–H and O–H groups in total. The minimum atomic E-state index is -0.328. The first-order valence-electron chi connectivity index (χ1n) is 9.22. The van der Waals surface area contributed by atoms with Gasteiger partial charge in [-0.25, -0.2) is 0 Å². The number of esters is 1. The van der Waals surface area contributed by atoms with Gasteiger partial charge in [0.2, 0.25) is 0 Å². The Hall–Kier alpha value is -3.15. The van der Waals surface area contributed by atoms with E-state index in [1.807, 2.05) is 44.2 Å². The normalized spacial score (nSPS) is 10.7. The summed E-state index contributed by atoms with van der Waals surface area (Å²) in [6.07, 6.45) is 1.71. The highest BCUT2D eigenvalue weighted by Gasteiger charge is 2.13. The van der Waals surface area contributed by atoms with Crippen LogP contribution in [0.3, 0.4) is 0 Å². The average Bonchev–Trinajstić information content (AvgIpc) is 3.10. The molecule has 0 aliphatic heterocycles. The maximum absolute atomic E-state index is 12.3. The fourth-order valence-corrected chi connectivity index (χ4v) is 2.88. The Kier molecular flexibility index (Phi) is 6.42. The minimum Gasteiger partial charge on any atom is -0.497 e. The smallest absolute Gasteiger partial charge is 0.310 e. The fraction of sp³-hybridized carbons (Fsp3) is 0.318. The molecular weight excluding hydrogens is 360 g/mol. The van der Waals surface area contributed by atoms with Gasteiger partial charge in [-0.05, 0) is 43.7 Å². The van der Waals surface area contributed by atoms with Crippen molar-refractivity contribution >= 4 is 16.9 Å².